The van der Waals surface area contributed by atoms with Gasteiger partial charge < -0.3 is 11.1 Å². The second kappa shape index (κ2) is 6.11. The first kappa shape index (κ1) is 14.6. The molecule has 0 aliphatic carbocycles. The number of rotatable bonds is 4. The molecular formula is C14H16FN3OS. The van der Waals surface area contributed by atoms with Crippen molar-refractivity contribution in [1.29, 1.82) is 0 Å². The maximum Gasteiger partial charge on any atom is 0.243 e. The van der Waals surface area contributed by atoms with Crippen molar-refractivity contribution in [2.75, 3.05) is 5.32 Å². The van der Waals surface area contributed by atoms with Crippen LogP contribution >= 0.6 is 11.3 Å². The predicted molar refractivity (Wildman–Crippen MR) is 79.0 cm³/mol. The molecule has 1 aromatic heterocycles. The predicted octanol–water partition coefficient (Wildman–Crippen LogP) is 2.87. The van der Waals surface area contributed by atoms with Crippen molar-refractivity contribution in [3.63, 3.8) is 0 Å². The molecule has 0 spiro atoms. The van der Waals surface area contributed by atoms with E-state index in [1.165, 1.54) is 23.5 Å². The van der Waals surface area contributed by atoms with Gasteiger partial charge in [0.2, 0.25) is 5.91 Å². The molecule has 1 aromatic carbocycles. The van der Waals surface area contributed by atoms with Crippen molar-refractivity contribution in [2.24, 2.45) is 11.7 Å². The monoisotopic (exact) mass is 293 g/mol. The van der Waals surface area contributed by atoms with Crippen LogP contribution in [-0.2, 0) is 4.79 Å². The molecule has 0 saturated heterocycles. The van der Waals surface area contributed by atoms with E-state index in [1.807, 2.05) is 13.8 Å². The molecule has 4 nitrogen and oxygen atoms in total. The molecule has 0 radical (unpaired) electrons. The lowest BCUT2D eigenvalue weighted by Crippen LogP contribution is -2.39. The third kappa shape index (κ3) is 3.40. The number of nitrogens with zero attached hydrogens (tertiary/aromatic N) is 1. The summed E-state index contributed by atoms with van der Waals surface area (Å²) in [6.45, 7) is 3.76. The zero-order valence-corrected chi connectivity index (χ0v) is 12.1. The Morgan fingerprint density at radius 1 is 1.45 bits per heavy atom. The van der Waals surface area contributed by atoms with E-state index >= 15 is 0 Å². The Hall–Kier alpha value is -1.79. The molecule has 2 aromatic rings. The largest absolute Gasteiger partial charge is 0.320 e. The number of halogens is 1. The van der Waals surface area contributed by atoms with Crippen LogP contribution in [0.1, 0.15) is 13.8 Å². The normalized spacial score (nSPS) is 12.4. The lowest BCUT2D eigenvalue weighted by Gasteiger charge is -2.13. The number of carbonyl (C=O) groups excluding carboxylic acids is 1. The van der Waals surface area contributed by atoms with Gasteiger partial charge in [0, 0.05) is 10.9 Å². The molecule has 0 bridgehead atoms. The smallest absolute Gasteiger partial charge is 0.243 e. The van der Waals surface area contributed by atoms with Gasteiger partial charge in [-0.3, -0.25) is 4.79 Å². The molecule has 6 heteroatoms. The fourth-order valence-electron chi connectivity index (χ4n) is 1.60. The van der Waals surface area contributed by atoms with Crippen LogP contribution < -0.4 is 11.1 Å². The van der Waals surface area contributed by atoms with Gasteiger partial charge in [-0.2, -0.15) is 0 Å². The van der Waals surface area contributed by atoms with Gasteiger partial charge in [-0.1, -0.05) is 26.0 Å². The van der Waals surface area contributed by atoms with Crippen molar-refractivity contribution < 1.29 is 9.18 Å². The number of anilines is 1. The minimum Gasteiger partial charge on any atom is -0.320 e. The molecule has 1 amide bonds. The lowest BCUT2D eigenvalue weighted by atomic mass is 10.1. The van der Waals surface area contributed by atoms with E-state index in [2.05, 4.69) is 10.3 Å². The summed E-state index contributed by atoms with van der Waals surface area (Å²) in [6, 6.07) is 5.60. The second-order valence-electron chi connectivity index (χ2n) is 4.81. The number of hydrogen-bond donors (Lipinski definition) is 2. The Kier molecular flexibility index (Phi) is 4.46. The maximum absolute atomic E-state index is 13.2. The summed E-state index contributed by atoms with van der Waals surface area (Å²) >= 11 is 1.29. The summed E-state index contributed by atoms with van der Waals surface area (Å²) in [5.41, 5.74) is 7.06. The van der Waals surface area contributed by atoms with Gasteiger partial charge in [0.15, 0.2) is 5.13 Å². The molecule has 1 heterocycles. The van der Waals surface area contributed by atoms with Crippen LogP contribution in [0.5, 0.6) is 0 Å². The van der Waals surface area contributed by atoms with E-state index in [1.54, 1.807) is 17.5 Å². The zero-order valence-electron chi connectivity index (χ0n) is 11.3. The summed E-state index contributed by atoms with van der Waals surface area (Å²) in [5, 5.41) is 4.91. The molecule has 20 heavy (non-hydrogen) atoms. The Balaban J connectivity index is 2.12. The van der Waals surface area contributed by atoms with Crippen LogP contribution in [0.25, 0.3) is 11.3 Å². The Labute approximate surface area is 120 Å². The van der Waals surface area contributed by atoms with Crippen molar-refractivity contribution in [3.05, 3.63) is 35.5 Å². The van der Waals surface area contributed by atoms with E-state index in [9.17, 15) is 9.18 Å². The first-order valence-corrected chi connectivity index (χ1v) is 7.13. The molecule has 106 valence electrons. The lowest BCUT2D eigenvalue weighted by molar-refractivity contribution is -0.118. The molecule has 1 atom stereocenters. The van der Waals surface area contributed by atoms with Gasteiger partial charge in [-0.25, -0.2) is 9.37 Å². The molecule has 0 aliphatic heterocycles. The topological polar surface area (TPSA) is 68.0 Å². The Morgan fingerprint density at radius 3 is 2.85 bits per heavy atom. The Bertz CT molecular complexity index is 612. The van der Waals surface area contributed by atoms with Gasteiger partial charge in [-0.05, 0) is 18.1 Å². The molecule has 0 aliphatic rings. The van der Waals surface area contributed by atoms with Crippen LogP contribution in [0.15, 0.2) is 29.6 Å². The zero-order chi connectivity index (χ0) is 14.7. The van der Waals surface area contributed by atoms with Gasteiger partial charge in [0.25, 0.3) is 0 Å². The summed E-state index contributed by atoms with van der Waals surface area (Å²) in [6.07, 6.45) is 0. The third-order valence-electron chi connectivity index (χ3n) is 2.88. The van der Waals surface area contributed by atoms with Crippen LogP contribution in [0.4, 0.5) is 9.52 Å². The first-order valence-electron chi connectivity index (χ1n) is 6.25. The highest BCUT2D eigenvalue weighted by Crippen LogP contribution is 2.25. The van der Waals surface area contributed by atoms with Crippen molar-refractivity contribution >= 4 is 22.4 Å². The quantitative estimate of drug-likeness (QED) is 0.910. The number of hydrogen-bond acceptors (Lipinski definition) is 4. The highest BCUT2D eigenvalue weighted by Gasteiger charge is 2.18. The van der Waals surface area contributed by atoms with Gasteiger partial charge in [0.1, 0.15) is 5.82 Å². The minimum atomic E-state index is -0.573. The van der Waals surface area contributed by atoms with E-state index < -0.39 is 6.04 Å². The summed E-state index contributed by atoms with van der Waals surface area (Å²) in [5.74, 6) is -0.527. The van der Waals surface area contributed by atoms with Crippen LogP contribution in [-0.4, -0.2) is 16.9 Å². The van der Waals surface area contributed by atoms with E-state index in [4.69, 9.17) is 5.73 Å². The van der Waals surface area contributed by atoms with Gasteiger partial charge in [0.05, 0.1) is 11.7 Å². The van der Waals surface area contributed by atoms with Crippen LogP contribution in [0, 0.1) is 11.7 Å². The fraction of sp³-hybridized carbons (Fsp3) is 0.286. The highest BCUT2D eigenvalue weighted by atomic mass is 32.1. The average molecular weight is 293 g/mol. The maximum atomic E-state index is 13.2. The van der Waals surface area contributed by atoms with Crippen LogP contribution in [0.2, 0.25) is 0 Å². The first-order chi connectivity index (χ1) is 9.47. The summed E-state index contributed by atoms with van der Waals surface area (Å²) in [7, 11) is 0. The number of thiazole rings is 1. The van der Waals surface area contributed by atoms with Gasteiger partial charge >= 0.3 is 0 Å². The van der Waals surface area contributed by atoms with Gasteiger partial charge in [-0.15, -0.1) is 11.3 Å². The standard InChI is InChI=1S/C14H16FN3OS/c1-8(2)12(16)13(19)18-14-17-11(7-20-14)9-4-3-5-10(15)6-9/h3-8,12H,16H2,1-2H3,(H,17,18,19)/t12-/m0/s1. The number of amides is 1. The third-order valence-corrected chi connectivity index (χ3v) is 3.63. The number of benzene rings is 1. The molecular weight excluding hydrogens is 277 g/mol. The van der Waals surface area contributed by atoms with Crippen molar-refractivity contribution in [3.8, 4) is 11.3 Å². The van der Waals surface area contributed by atoms with E-state index in [-0.39, 0.29) is 17.6 Å². The summed E-state index contributed by atoms with van der Waals surface area (Å²) < 4.78 is 13.2. The van der Waals surface area contributed by atoms with Crippen molar-refractivity contribution in [1.82, 2.24) is 4.98 Å². The molecule has 0 unspecified atom stereocenters. The molecule has 3 N–H and O–H groups in total. The molecule has 2 rings (SSSR count). The molecule has 0 fully saturated rings. The number of carbonyl (C=O) groups is 1. The number of nitrogens with two attached hydrogens (primary N) is 1. The second-order valence-corrected chi connectivity index (χ2v) is 5.67. The minimum absolute atomic E-state index is 0.0534. The number of aromatic nitrogens is 1. The molecule has 0 saturated carbocycles. The van der Waals surface area contributed by atoms with E-state index in [0.29, 0.717) is 16.4 Å². The summed E-state index contributed by atoms with van der Waals surface area (Å²) in [4.78, 5) is 16.1. The highest BCUT2D eigenvalue weighted by molar-refractivity contribution is 7.14. The number of nitrogens with one attached hydrogen (secondary N) is 1. The van der Waals surface area contributed by atoms with Crippen LogP contribution in [0.3, 0.4) is 0 Å². The fourth-order valence-corrected chi connectivity index (χ4v) is 2.33. The SMILES string of the molecule is CC(C)[C@H](N)C(=O)Nc1nc(-c2cccc(F)c2)cs1. The van der Waals surface area contributed by atoms with E-state index in [0.717, 1.165) is 0 Å². The Morgan fingerprint density at radius 2 is 2.20 bits per heavy atom. The van der Waals surface area contributed by atoms with Crippen molar-refractivity contribution in [2.45, 2.75) is 19.9 Å². The average Bonchev–Trinajstić information content (AvgIpc) is 2.86.